The van der Waals surface area contributed by atoms with Crippen LogP contribution >= 0.6 is 0 Å². The van der Waals surface area contributed by atoms with Gasteiger partial charge in [-0.3, -0.25) is 4.79 Å². The minimum Gasteiger partial charge on any atom is -0.465 e. The van der Waals surface area contributed by atoms with Gasteiger partial charge in [-0.15, -0.1) is 5.10 Å². The third-order valence-corrected chi connectivity index (χ3v) is 3.55. The Morgan fingerprint density at radius 3 is 2.46 bits per heavy atom. The number of rotatable bonds is 6. The van der Waals surface area contributed by atoms with E-state index in [2.05, 4.69) is 10.3 Å². The lowest BCUT2D eigenvalue weighted by Gasteiger charge is -2.30. The summed E-state index contributed by atoms with van der Waals surface area (Å²) in [6.45, 7) is 7.63. The second kappa shape index (κ2) is 7.29. The van der Waals surface area contributed by atoms with E-state index in [1.54, 1.807) is 23.1 Å². The number of hydrogen-bond donors (Lipinski definition) is 0. The van der Waals surface area contributed by atoms with Crippen LogP contribution in [0.1, 0.15) is 38.1 Å². The number of benzene rings is 1. The van der Waals surface area contributed by atoms with Gasteiger partial charge in [-0.25, -0.2) is 4.79 Å². The first-order valence-corrected chi connectivity index (χ1v) is 7.73. The Kier molecular flexibility index (Phi) is 5.38. The molecule has 0 saturated heterocycles. The van der Waals surface area contributed by atoms with Crippen LogP contribution in [0.4, 0.5) is 0 Å². The molecule has 1 amide bonds. The second-order valence-electron chi connectivity index (χ2n) is 5.92. The zero-order valence-corrected chi connectivity index (χ0v) is 14.5. The zero-order valence-electron chi connectivity index (χ0n) is 14.5. The molecule has 8 nitrogen and oxygen atoms in total. The summed E-state index contributed by atoms with van der Waals surface area (Å²) < 4.78 is 4.69. The van der Waals surface area contributed by atoms with Gasteiger partial charge in [0.2, 0.25) is 0 Å². The summed E-state index contributed by atoms with van der Waals surface area (Å²) in [4.78, 5) is 32.3. The summed E-state index contributed by atoms with van der Waals surface area (Å²) in [5.41, 5.74) is 1.40. The lowest BCUT2D eigenvalue weighted by atomic mass is 10.2. The van der Waals surface area contributed by atoms with E-state index < -0.39 is 5.97 Å². The van der Waals surface area contributed by atoms with E-state index in [-0.39, 0.29) is 24.6 Å². The topological polar surface area (TPSA) is 86.5 Å². The molecule has 1 aromatic heterocycles. The van der Waals surface area contributed by atoms with Crippen molar-refractivity contribution in [3.05, 3.63) is 23.8 Å². The van der Waals surface area contributed by atoms with Crippen molar-refractivity contribution in [2.75, 3.05) is 13.7 Å². The number of carbonyl (C=O) groups is 2. The number of carbonyl (C=O) groups excluding carboxylic acids is 2. The number of nitrogens with zero attached hydrogens (tertiary/aromatic N) is 4. The van der Waals surface area contributed by atoms with E-state index in [0.29, 0.717) is 16.6 Å². The highest BCUT2D eigenvalue weighted by Crippen LogP contribution is 2.14. The van der Waals surface area contributed by atoms with Crippen LogP contribution in [0.3, 0.4) is 0 Å². The molecule has 0 aliphatic carbocycles. The molecule has 0 spiro atoms. The van der Waals surface area contributed by atoms with E-state index in [1.807, 2.05) is 27.7 Å². The molecule has 0 aliphatic rings. The first kappa shape index (κ1) is 17.7. The maximum atomic E-state index is 12.3. The van der Waals surface area contributed by atoms with Crippen LogP contribution in [-0.2, 0) is 9.53 Å². The Morgan fingerprint density at radius 1 is 1.21 bits per heavy atom. The molecule has 0 bridgehead atoms. The summed E-state index contributed by atoms with van der Waals surface area (Å²) in [7, 11) is 1.31. The third kappa shape index (κ3) is 3.64. The number of esters is 1. The minimum atomic E-state index is -0.466. The Labute approximate surface area is 140 Å². The maximum absolute atomic E-state index is 12.3. The predicted octanol–water partition coefficient (Wildman–Crippen LogP) is 1.29. The molecule has 2 rings (SSSR count). The van der Waals surface area contributed by atoms with Crippen LogP contribution in [0.2, 0.25) is 0 Å². The smallest absolute Gasteiger partial charge is 0.337 e. The standard InChI is InChI=1S/C16H22N4O4/c1-10(2)19(11(3)4)15(21)9-24-20-14-8-12(16(22)23-5)6-7-13(14)17-18-20/h6-8,10-11H,9H2,1-5H3. The molecule has 0 saturated carbocycles. The lowest BCUT2D eigenvalue weighted by molar-refractivity contribution is -0.140. The van der Waals surface area contributed by atoms with Crippen molar-refractivity contribution < 1.29 is 19.2 Å². The number of methoxy groups -OCH3 is 1. The SMILES string of the molecule is COC(=O)c1ccc2nnn(OCC(=O)N(C(C)C)C(C)C)c2c1. The van der Waals surface area contributed by atoms with Gasteiger partial charge in [0.15, 0.2) is 6.61 Å². The molecular formula is C16H22N4O4. The predicted molar refractivity (Wildman–Crippen MR) is 87.4 cm³/mol. The molecule has 0 fully saturated rings. The first-order valence-electron chi connectivity index (χ1n) is 7.73. The van der Waals surface area contributed by atoms with Gasteiger partial charge >= 0.3 is 5.97 Å². The molecule has 130 valence electrons. The number of hydrogen-bond acceptors (Lipinski definition) is 6. The van der Waals surface area contributed by atoms with E-state index in [0.717, 1.165) is 4.85 Å². The van der Waals surface area contributed by atoms with Gasteiger partial charge in [0, 0.05) is 12.1 Å². The quantitative estimate of drug-likeness (QED) is 0.740. The summed E-state index contributed by atoms with van der Waals surface area (Å²) >= 11 is 0. The van der Waals surface area contributed by atoms with Gasteiger partial charge in [0.25, 0.3) is 5.91 Å². The fourth-order valence-electron chi connectivity index (χ4n) is 2.60. The molecule has 0 radical (unpaired) electrons. The average molecular weight is 334 g/mol. The van der Waals surface area contributed by atoms with E-state index >= 15 is 0 Å². The summed E-state index contributed by atoms with van der Waals surface area (Å²) in [6.07, 6.45) is 0. The van der Waals surface area contributed by atoms with Gasteiger partial charge in [-0.2, -0.15) is 0 Å². The molecule has 0 unspecified atom stereocenters. The van der Waals surface area contributed by atoms with Crippen LogP contribution < -0.4 is 4.84 Å². The zero-order chi connectivity index (χ0) is 17.9. The van der Waals surface area contributed by atoms with Crippen LogP contribution in [0.5, 0.6) is 0 Å². The van der Waals surface area contributed by atoms with Gasteiger partial charge in [-0.1, -0.05) is 4.85 Å². The third-order valence-electron chi connectivity index (χ3n) is 3.55. The molecule has 24 heavy (non-hydrogen) atoms. The highest BCUT2D eigenvalue weighted by atomic mass is 16.7. The first-order chi connectivity index (χ1) is 11.3. The van der Waals surface area contributed by atoms with Crippen LogP contribution in [0.15, 0.2) is 18.2 Å². The van der Waals surface area contributed by atoms with Crippen molar-refractivity contribution in [2.45, 2.75) is 39.8 Å². The van der Waals surface area contributed by atoms with E-state index in [1.165, 1.54) is 7.11 Å². The molecule has 0 aliphatic heterocycles. The average Bonchev–Trinajstić information content (AvgIpc) is 2.93. The maximum Gasteiger partial charge on any atom is 0.337 e. The molecule has 1 aromatic carbocycles. The highest BCUT2D eigenvalue weighted by Gasteiger charge is 2.21. The largest absolute Gasteiger partial charge is 0.465 e. The second-order valence-corrected chi connectivity index (χ2v) is 5.92. The van der Waals surface area contributed by atoms with Crippen LogP contribution in [0, 0.1) is 0 Å². The Balaban J connectivity index is 2.18. The fourth-order valence-corrected chi connectivity index (χ4v) is 2.60. The van der Waals surface area contributed by atoms with Gasteiger partial charge in [0.05, 0.1) is 12.7 Å². The number of amides is 1. The molecular weight excluding hydrogens is 312 g/mol. The fraction of sp³-hybridized carbons (Fsp3) is 0.500. The van der Waals surface area contributed by atoms with Crippen molar-refractivity contribution in [1.29, 1.82) is 0 Å². The lowest BCUT2D eigenvalue weighted by Crippen LogP contribution is -2.45. The highest BCUT2D eigenvalue weighted by molar-refractivity contribution is 5.93. The number of fused-ring (bicyclic) bond motifs is 1. The number of aromatic nitrogens is 3. The number of ether oxygens (including phenoxy) is 1. The molecule has 2 aromatic rings. The van der Waals surface area contributed by atoms with E-state index in [4.69, 9.17) is 9.57 Å². The normalized spacial score (nSPS) is 11.1. The van der Waals surface area contributed by atoms with E-state index in [9.17, 15) is 9.59 Å². The van der Waals surface area contributed by atoms with Crippen molar-refractivity contribution >= 4 is 22.9 Å². The van der Waals surface area contributed by atoms with Crippen LogP contribution in [0.25, 0.3) is 11.0 Å². The van der Waals surface area contributed by atoms with Gasteiger partial charge in [-0.05, 0) is 51.1 Å². The Bertz CT molecular complexity index is 731. The summed E-state index contributed by atoms with van der Waals surface area (Å²) in [6, 6.07) is 4.94. The minimum absolute atomic E-state index is 0.0690. The van der Waals surface area contributed by atoms with Crippen molar-refractivity contribution in [1.82, 2.24) is 20.1 Å². The Hall–Kier alpha value is -2.64. The van der Waals surface area contributed by atoms with Crippen molar-refractivity contribution in [3.8, 4) is 0 Å². The molecule has 1 heterocycles. The molecule has 8 heteroatoms. The van der Waals surface area contributed by atoms with Gasteiger partial charge < -0.3 is 14.5 Å². The monoisotopic (exact) mass is 334 g/mol. The molecule has 0 N–H and O–H groups in total. The summed E-state index contributed by atoms with van der Waals surface area (Å²) in [5.74, 6) is -0.612. The van der Waals surface area contributed by atoms with Gasteiger partial charge in [0.1, 0.15) is 11.0 Å². The van der Waals surface area contributed by atoms with Crippen molar-refractivity contribution in [3.63, 3.8) is 0 Å². The Morgan fingerprint density at radius 2 is 1.88 bits per heavy atom. The molecule has 0 atom stereocenters. The van der Waals surface area contributed by atoms with Crippen LogP contribution in [-0.4, -0.2) is 57.7 Å². The van der Waals surface area contributed by atoms with Crippen molar-refractivity contribution in [2.24, 2.45) is 0 Å². The summed E-state index contributed by atoms with van der Waals surface area (Å²) in [5, 5.41) is 7.81.